The van der Waals surface area contributed by atoms with Gasteiger partial charge in [0.05, 0.1) is 6.61 Å². The molecule has 0 aliphatic heterocycles. The summed E-state index contributed by atoms with van der Waals surface area (Å²) in [5.74, 6) is -0.244. The summed E-state index contributed by atoms with van der Waals surface area (Å²) < 4.78 is 12.7. The minimum absolute atomic E-state index is 0.0936. The number of likely N-dealkylation sites (N-methyl/N-ethyl adjacent to an activating group) is 1. The Morgan fingerprint density at radius 1 is 1.35 bits per heavy atom. The van der Waals surface area contributed by atoms with Crippen molar-refractivity contribution in [2.24, 2.45) is 5.73 Å². The minimum Gasteiger partial charge on any atom is -0.395 e. The van der Waals surface area contributed by atoms with Crippen LogP contribution in [0.25, 0.3) is 0 Å². The van der Waals surface area contributed by atoms with Gasteiger partial charge in [-0.15, -0.1) is 0 Å². The van der Waals surface area contributed by atoms with Gasteiger partial charge in [0.25, 0.3) is 0 Å². The van der Waals surface area contributed by atoms with Gasteiger partial charge in [-0.1, -0.05) is 12.1 Å². The van der Waals surface area contributed by atoms with Crippen molar-refractivity contribution in [1.82, 2.24) is 4.90 Å². The van der Waals surface area contributed by atoms with Gasteiger partial charge in [-0.3, -0.25) is 0 Å². The van der Waals surface area contributed by atoms with Crippen LogP contribution in [0.2, 0.25) is 0 Å². The van der Waals surface area contributed by atoms with Crippen molar-refractivity contribution >= 4 is 0 Å². The first kappa shape index (κ1) is 14.1. The van der Waals surface area contributed by atoms with E-state index in [1.165, 1.54) is 12.1 Å². The molecule has 0 radical (unpaired) electrons. The first-order valence-corrected chi connectivity index (χ1v) is 5.86. The Labute approximate surface area is 102 Å². The molecule has 3 N–H and O–H groups in total. The largest absolute Gasteiger partial charge is 0.395 e. The van der Waals surface area contributed by atoms with Crippen molar-refractivity contribution in [2.45, 2.75) is 25.4 Å². The number of aliphatic hydroxyl groups excluding tert-OH is 1. The second-order valence-electron chi connectivity index (χ2n) is 4.46. The van der Waals surface area contributed by atoms with Crippen molar-refractivity contribution in [1.29, 1.82) is 0 Å². The van der Waals surface area contributed by atoms with Crippen molar-refractivity contribution in [2.75, 3.05) is 20.2 Å². The highest BCUT2D eigenvalue weighted by Crippen LogP contribution is 2.15. The lowest BCUT2D eigenvalue weighted by molar-refractivity contribution is 0.156. The molecule has 4 heteroatoms. The fourth-order valence-corrected chi connectivity index (χ4v) is 1.58. The van der Waals surface area contributed by atoms with Crippen LogP contribution < -0.4 is 5.73 Å². The topological polar surface area (TPSA) is 49.5 Å². The summed E-state index contributed by atoms with van der Waals surface area (Å²) in [6.45, 7) is 2.91. The number of benzene rings is 1. The standard InChI is InChI=1S/C13H21FN2O/c1-10(9-17)16(2)8-7-13(15)11-3-5-12(14)6-4-11/h3-6,10,13,17H,7-9,15H2,1-2H3. The number of rotatable bonds is 6. The van der Waals surface area contributed by atoms with Crippen LogP contribution in [0.3, 0.4) is 0 Å². The summed E-state index contributed by atoms with van der Waals surface area (Å²) in [5, 5.41) is 9.00. The molecule has 0 heterocycles. The van der Waals surface area contributed by atoms with Crippen molar-refractivity contribution < 1.29 is 9.50 Å². The third-order valence-electron chi connectivity index (χ3n) is 3.11. The molecule has 2 unspecified atom stereocenters. The van der Waals surface area contributed by atoms with Crippen LogP contribution >= 0.6 is 0 Å². The Hall–Kier alpha value is -0.970. The molecule has 0 bridgehead atoms. The van der Waals surface area contributed by atoms with E-state index in [0.717, 1.165) is 18.5 Å². The Morgan fingerprint density at radius 2 is 1.94 bits per heavy atom. The first-order chi connectivity index (χ1) is 8.04. The average molecular weight is 240 g/mol. The van der Waals surface area contributed by atoms with Crippen molar-refractivity contribution in [3.05, 3.63) is 35.6 Å². The van der Waals surface area contributed by atoms with Crippen molar-refractivity contribution in [3.8, 4) is 0 Å². The first-order valence-electron chi connectivity index (χ1n) is 5.86. The van der Waals surface area contributed by atoms with Crippen LogP contribution in [0, 0.1) is 5.82 Å². The second kappa shape index (κ2) is 6.69. The normalized spacial score (nSPS) is 14.9. The zero-order chi connectivity index (χ0) is 12.8. The third kappa shape index (κ3) is 4.42. The fraction of sp³-hybridized carbons (Fsp3) is 0.538. The van der Waals surface area contributed by atoms with E-state index < -0.39 is 0 Å². The Morgan fingerprint density at radius 3 is 2.47 bits per heavy atom. The molecule has 1 aromatic rings. The van der Waals surface area contributed by atoms with Gasteiger partial charge >= 0.3 is 0 Å². The van der Waals surface area contributed by atoms with E-state index >= 15 is 0 Å². The summed E-state index contributed by atoms with van der Waals surface area (Å²) >= 11 is 0. The highest BCUT2D eigenvalue weighted by molar-refractivity contribution is 5.19. The van der Waals surface area contributed by atoms with E-state index in [-0.39, 0.29) is 24.5 Å². The molecule has 0 spiro atoms. The number of aliphatic hydroxyl groups is 1. The summed E-state index contributed by atoms with van der Waals surface area (Å²) in [6.07, 6.45) is 0.784. The number of nitrogens with zero attached hydrogens (tertiary/aromatic N) is 1. The predicted octanol–water partition coefficient (Wildman–Crippen LogP) is 1.53. The van der Waals surface area contributed by atoms with Gasteiger partial charge in [-0.05, 0) is 38.1 Å². The lowest BCUT2D eigenvalue weighted by Gasteiger charge is -2.24. The fourth-order valence-electron chi connectivity index (χ4n) is 1.58. The highest BCUT2D eigenvalue weighted by Gasteiger charge is 2.11. The Bertz CT molecular complexity index is 329. The molecule has 0 aliphatic rings. The van der Waals surface area contributed by atoms with Gasteiger partial charge in [0.1, 0.15) is 5.82 Å². The molecule has 17 heavy (non-hydrogen) atoms. The van der Waals surface area contributed by atoms with Crippen LogP contribution in [0.15, 0.2) is 24.3 Å². The van der Waals surface area contributed by atoms with E-state index in [1.54, 1.807) is 12.1 Å². The zero-order valence-electron chi connectivity index (χ0n) is 10.4. The molecule has 3 nitrogen and oxygen atoms in total. The lowest BCUT2D eigenvalue weighted by atomic mass is 10.0. The molecule has 96 valence electrons. The number of nitrogens with two attached hydrogens (primary N) is 1. The van der Waals surface area contributed by atoms with Crippen LogP contribution in [0.4, 0.5) is 4.39 Å². The smallest absolute Gasteiger partial charge is 0.123 e. The van der Waals surface area contributed by atoms with E-state index in [4.69, 9.17) is 10.8 Å². The molecule has 1 aromatic carbocycles. The maximum Gasteiger partial charge on any atom is 0.123 e. The molecule has 0 saturated heterocycles. The van der Waals surface area contributed by atoms with E-state index in [2.05, 4.69) is 4.90 Å². The van der Waals surface area contributed by atoms with E-state index in [1.807, 2.05) is 14.0 Å². The maximum absolute atomic E-state index is 12.7. The Kier molecular flexibility index (Phi) is 5.55. The molecular weight excluding hydrogens is 219 g/mol. The summed E-state index contributed by atoms with van der Waals surface area (Å²) in [7, 11) is 1.96. The predicted molar refractivity (Wildman–Crippen MR) is 67.1 cm³/mol. The van der Waals surface area contributed by atoms with Gasteiger partial charge in [0.2, 0.25) is 0 Å². The third-order valence-corrected chi connectivity index (χ3v) is 3.11. The van der Waals surface area contributed by atoms with Gasteiger partial charge in [0, 0.05) is 18.6 Å². The van der Waals surface area contributed by atoms with E-state index in [9.17, 15) is 4.39 Å². The average Bonchev–Trinajstić information content (AvgIpc) is 2.35. The van der Waals surface area contributed by atoms with E-state index in [0.29, 0.717) is 0 Å². The molecule has 0 saturated carbocycles. The molecule has 0 aromatic heterocycles. The highest BCUT2D eigenvalue weighted by atomic mass is 19.1. The molecule has 0 fully saturated rings. The molecule has 0 amide bonds. The van der Waals surface area contributed by atoms with Gasteiger partial charge in [-0.2, -0.15) is 0 Å². The van der Waals surface area contributed by atoms with Crippen molar-refractivity contribution in [3.63, 3.8) is 0 Å². The number of halogens is 1. The molecule has 0 aliphatic carbocycles. The monoisotopic (exact) mass is 240 g/mol. The molecule has 1 rings (SSSR count). The SMILES string of the molecule is CC(CO)N(C)CCC(N)c1ccc(F)cc1. The van der Waals surface area contributed by atoms with Crippen LogP contribution in [-0.2, 0) is 0 Å². The summed E-state index contributed by atoms with van der Waals surface area (Å²) in [5.41, 5.74) is 6.96. The number of hydrogen-bond acceptors (Lipinski definition) is 3. The Balaban J connectivity index is 2.44. The quantitative estimate of drug-likeness (QED) is 0.792. The number of hydrogen-bond donors (Lipinski definition) is 2. The van der Waals surface area contributed by atoms with Crippen LogP contribution in [-0.4, -0.2) is 36.2 Å². The zero-order valence-corrected chi connectivity index (χ0v) is 10.4. The molecule has 2 atom stereocenters. The summed E-state index contributed by atoms with van der Waals surface area (Å²) in [4.78, 5) is 2.06. The van der Waals surface area contributed by atoms with Gasteiger partial charge < -0.3 is 15.7 Å². The maximum atomic E-state index is 12.7. The molecular formula is C13H21FN2O. The van der Waals surface area contributed by atoms with Gasteiger partial charge in [-0.25, -0.2) is 4.39 Å². The second-order valence-corrected chi connectivity index (χ2v) is 4.46. The van der Waals surface area contributed by atoms with Crippen LogP contribution in [0.5, 0.6) is 0 Å². The summed E-state index contributed by atoms with van der Waals surface area (Å²) in [6, 6.07) is 6.33. The minimum atomic E-state index is -0.244. The lowest BCUT2D eigenvalue weighted by Crippen LogP contribution is -2.34. The van der Waals surface area contributed by atoms with Gasteiger partial charge in [0.15, 0.2) is 0 Å². The van der Waals surface area contributed by atoms with Crippen LogP contribution in [0.1, 0.15) is 24.9 Å².